The van der Waals surface area contributed by atoms with Gasteiger partial charge in [-0.15, -0.1) is 0 Å². The summed E-state index contributed by atoms with van der Waals surface area (Å²) in [6.45, 7) is 0. The van der Waals surface area contributed by atoms with Gasteiger partial charge >= 0.3 is 6.01 Å². The van der Waals surface area contributed by atoms with Gasteiger partial charge < -0.3 is 9.84 Å². The van der Waals surface area contributed by atoms with Crippen LogP contribution in [0.2, 0.25) is 5.02 Å². The lowest BCUT2D eigenvalue weighted by atomic mass is 10.1. The van der Waals surface area contributed by atoms with Crippen molar-refractivity contribution in [1.29, 1.82) is 0 Å². The first-order chi connectivity index (χ1) is 8.31. The summed E-state index contributed by atoms with van der Waals surface area (Å²) in [4.78, 5) is 4.28. The van der Waals surface area contributed by atoms with E-state index < -0.39 is 0 Å². The molecule has 5 heteroatoms. The summed E-state index contributed by atoms with van der Waals surface area (Å²) in [5, 5.41) is 7.82. The van der Waals surface area contributed by atoms with E-state index in [1.807, 2.05) is 24.3 Å². The van der Waals surface area contributed by atoms with Crippen LogP contribution < -0.4 is 5.32 Å². The summed E-state index contributed by atoms with van der Waals surface area (Å²) >= 11 is 6.07. The fraction of sp³-hybridized carbons (Fsp3) is 0.333. The third kappa shape index (κ3) is 2.58. The summed E-state index contributed by atoms with van der Waals surface area (Å²) in [6.07, 6.45) is 2.96. The summed E-state index contributed by atoms with van der Waals surface area (Å²) in [5.41, 5.74) is 1.01. The van der Waals surface area contributed by atoms with Gasteiger partial charge in [0.2, 0.25) is 0 Å². The van der Waals surface area contributed by atoms with Crippen LogP contribution in [0.1, 0.15) is 24.2 Å². The van der Waals surface area contributed by atoms with E-state index in [1.165, 1.54) is 12.8 Å². The van der Waals surface area contributed by atoms with Crippen molar-refractivity contribution in [2.45, 2.75) is 25.3 Å². The van der Waals surface area contributed by atoms with Crippen LogP contribution in [0.3, 0.4) is 0 Å². The van der Waals surface area contributed by atoms with E-state index in [2.05, 4.69) is 15.5 Å². The Morgan fingerprint density at radius 1 is 1.35 bits per heavy atom. The molecule has 0 radical (unpaired) electrons. The first kappa shape index (κ1) is 10.6. The average molecular weight is 250 g/mol. The van der Waals surface area contributed by atoms with Gasteiger partial charge in [-0.1, -0.05) is 35.0 Å². The van der Waals surface area contributed by atoms with E-state index in [0.29, 0.717) is 24.3 Å². The van der Waals surface area contributed by atoms with Crippen molar-refractivity contribution < 1.29 is 4.52 Å². The van der Waals surface area contributed by atoms with Crippen LogP contribution in [0, 0.1) is 0 Å². The van der Waals surface area contributed by atoms with Crippen molar-refractivity contribution in [3.05, 3.63) is 40.7 Å². The van der Waals surface area contributed by atoms with E-state index >= 15 is 0 Å². The lowest BCUT2D eigenvalue weighted by Gasteiger charge is -1.98. The molecule has 0 aliphatic heterocycles. The first-order valence-corrected chi connectivity index (χ1v) is 6.01. The van der Waals surface area contributed by atoms with Crippen LogP contribution >= 0.6 is 11.6 Å². The van der Waals surface area contributed by atoms with Gasteiger partial charge in [0.1, 0.15) is 0 Å². The standard InChI is InChI=1S/C12H12ClN3O/c13-10-4-2-1-3-8(10)7-11-15-12(17-16-11)14-9-5-6-9/h1-4,9H,5-7H2,(H,14,15,16). The molecule has 4 nitrogen and oxygen atoms in total. The van der Waals surface area contributed by atoms with Gasteiger partial charge in [-0.25, -0.2) is 0 Å². The molecule has 1 aromatic carbocycles. The second-order valence-corrected chi connectivity index (χ2v) is 4.61. The molecule has 1 aliphatic rings. The number of rotatable bonds is 4. The Morgan fingerprint density at radius 2 is 2.18 bits per heavy atom. The molecule has 0 amide bonds. The minimum absolute atomic E-state index is 0.509. The third-order valence-electron chi connectivity index (χ3n) is 2.68. The predicted molar refractivity (Wildman–Crippen MR) is 65.2 cm³/mol. The molecule has 0 unspecified atom stereocenters. The Labute approximate surface area is 104 Å². The van der Waals surface area contributed by atoms with Gasteiger partial charge in [0.15, 0.2) is 5.82 Å². The fourth-order valence-electron chi connectivity index (χ4n) is 1.60. The van der Waals surface area contributed by atoms with Crippen molar-refractivity contribution in [3.8, 4) is 0 Å². The molecule has 1 aromatic heterocycles. The summed E-state index contributed by atoms with van der Waals surface area (Å²) in [7, 11) is 0. The summed E-state index contributed by atoms with van der Waals surface area (Å²) in [5.74, 6) is 0.654. The molecule has 1 saturated carbocycles. The maximum Gasteiger partial charge on any atom is 0.321 e. The van der Waals surface area contributed by atoms with Crippen molar-refractivity contribution in [2.24, 2.45) is 0 Å². The molecule has 1 aliphatic carbocycles. The van der Waals surface area contributed by atoms with Gasteiger partial charge in [-0.2, -0.15) is 4.98 Å². The number of nitrogens with zero attached hydrogens (tertiary/aromatic N) is 2. The number of benzene rings is 1. The highest BCUT2D eigenvalue weighted by molar-refractivity contribution is 6.31. The van der Waals surface area contributed by atoms with Crippen LogP contribution in [-0.4, -0.2) is 16.2 Å². The number of anilines is 1. The molecule has 0 saturated heterocycles. The average Bonchev–Trinajstić information content (AvgIpc) is 3.02. The molecular formula is C12H12ClN3O. The van der Waals surface area contributed by atoms with E-state index in [4.69, 9.17) is 16.1 Å². The van der Waals surface area contributed by atoms with E-state index in [1.54, 1.807) is 0 Å². The Kier molecular flexibility index (Phi) is 2.73. The quantitative estimate of drug-likeness (QED) is 0.905. The number of hydrogen-bond donors (Lipinski definition) is 1. The first-order valence-electron chi connectivity index (χ1n) is 5.64. The van der Waals surface area contributed by atoms with Gasteiger partial charge in [-0.3, -0.25) is 0 Å². The highest BCUT2D eigenvalue weighted by Crippen LogP contribution is 2.24. The highest BCUT2D eigenvalue weighted by Gasteiger charge is 2.23. The Hall–Kier alpha value is -1.55. The minimum atomic E-state index is 0.509. The topological polar surface area (TPSA) is 51.0 Å². The Bertz CT molecular complexity index is 522. The molecule has 2 aromatic rings. The number of halogens is 1. The largest absolute Gasteiger partial charge is 0.335 e. The summed E-state index contributed by atoms with van der Waals surface area (Å²) in [6, 6.07) is 8.71. The van der Waals surface area contributed by atoms with Crippen molar-refractivity contribution in [1.82, 2.24) is 10.1 Å². The molecule has 1 heterocycles. The maximum atomic E-state index is 6.07. The van der Waals surface area contributed by atoms with Gasteiger partial charge in [0.25, 0.3) is 0 Å². The molecule has 1 fully saturated rings. The third-order valence-corrected chi connectivity index (χ3v) is 3.05. The van der Waals surface area contributed by atoms with Gasteiger partial charge in [0, 0.05) is 17.5 Å². The normalized spacial score (nSPS) is 14.9. The summed E-state index contributed by atoms with van der Waals surface area (Å²) < 4.78 is 5.11. The molecule has 88 valence electrons. The maximum absolute atomic E-state index is 6.07. The van der Waals surface area contributed by atoms with Crippen molar-refractivity contribution in [2.75, 3.05) is 5.32 Å². The number of nitrogens with one attached hydrogen (secondary N) is 1. The molecule has 0 bridgehead atoms. The zero-order valence-electron chi connectivity index (χ0n) is 9.19. The molecule has 0 spiro atoms. The minimum Gasteiger partial charge on any atom is -0.335 e. The zero-order chi connectivity index (χ0) is 11.7. The highest BCUT2D eigenvalue weighted by atomic mass is 35.5. The number of aromatic nitrogens is 2. The Morgan fingerprint density at radius 3 is 2.94 bits per heavy atom. The fourth-order valence-corrected chi connectivity index (χ4v) is 1.80. The predicted octanol–water partition coefficient (Wildman–Crippen LogP) is 2.89. The van der Waals surface area contributed by atoms with Crippen molar-refractivity contribution >= 4 is 17.6 Å². The number of hydrogen-bond acceptors (Lipinski definition) is 4. The monoisotopic (exact) mass is 249 g/mol. The Balaban J connectivity index is 1.72. The molecule has 17 heavy (non-hydrogen) atoms. The molecular weight excluding hydrogens is 238 g/mol. The molecule has 3 rings (SSSR count). The second kappa shape index (κ2) is 4.37. The smallest absolute Gasteiger partial charge is 0.321 e. The lowest BCUT2D eigenvalue weighted by Crippen LogP contribution is -2.01. The molecule has 1 N–H and O–H groups in total. The van der Waals surface area contributed by atoms with Crippen LogP contribution in [-0.2, 0) is 6.42 Å². The second-order valence-electron chi connectivity index (χ2n) is 4.20. The lowest BCUT2D eigenvalue weighted by molar-refractivity contribution is 0.423. The van der Waals surface area contributed by atoms with E-state index in [-0.39, 0.29) is 0 Å². The van der Waals surface area contributed by atoms with Gasteiger partial charge in [-0.05, 0) is 24.5 Å². The molecule has 0 atom stereocenters. The van der Waals surface area contributed by atoms with E-state index in [0.717, 1.165) is 10.6 Å². The SMILES string of the molecule is Clc1ccccc1Cc1noc(NC2CC2)n1. The van der Waals surface area contributed by atoms with Crippen molar-refractivity contribution in [3.63, 3.8) is 0 Å². The van der Waals surface area contributed by atoms with Crippen LogP contribution in [0.5, 0.6) is 0 Å². The zero-order valence-corrected chi connectivity index (χ0v) is 9.94. The van der Waals surface area contributed by atoms with Crippen LogP contribution in [0.25, 0.3) is 0 Å². The van der Waals surface area contributed by atoms with Crippen LogP contribution in [0.15, 0.2) is 28.8 Å². The van der Waals surface area contributed by atoms with Gasteiger partial charge in [0.05, 0.1) is 0 Å². The van der Waals surface area contributed by atoms with E-state index in [9.17, 15) is 0 Å². The van der Waals surface area contributed by atoms with Crippen LogP contribution in [0.4, 0.5) is 6.01 Å².